The van der Waals surface area contributed by atoms with Crippen molar-refractivity contribution in [3.8, 4) is 11.1 Å². The van der Waals surface area contributed by atoms with Gasteiger partial charge in [0, 0.05) is 35.1 Å². The fraction of sp³-hybridized carbons (Fsp3) is 0.0690. The lowest BCUT2D eigenvalue weighted by molar-refractivity contribution is 0.0988. The molecule has 7 nitrogen and oxygen atoms in total. The van der Waals surface area contributed by atoms with Crippen LogP contribution in [0.1, 0.15) is 31.8 Å². The smallest absolute Gasteiger partial charge is 0.255 e. The van der Waals surface area contributed by atoms with Crippen molar-refractivity contribution in [1.29, 1.82) is 5.41 Å². The number of nitrogen functional groups attached to an aromatic ring is 1. The van der Waals surface area contributed by atoms with E-state index in [-0.39, 0.29) is 28.3 Å². The Morgan fingerprint density at radius 1 is 0.895 bits per heavy atom. The SMILES string of the molecule is CS(=O)(=O)c1ccccc1-c1ccc(C(=O)Cc2ccccc2C(=O)Nc2cccc(C(=N)N)c2)c(F)c1. The molecule has 0 heterocycles. The molecule has 1 amide bonds. The molecule has 0 radical (unpaired) electrons. The zero-order valence-electron chi connectivity index (χ0n) is 20.4. The van der Waals surface area contributed by atoms with E-state index in [1.165, 1.54) is 18.2 Å². The molecule has 9 heteroatoms. The van der Waals surface area contributed by atoms with E-state index in [9.17, 15) is 18.0 Å². The monoisotopic (exact) mass is 529 g/mol. The molecule has 0 aliphatic carbocycles. The number of rotatable bonds is 8. The van der Waals surface area contributed by atoms with E-state index < -0.39 is 27.3 Å². The molecule has 0 aromatic heterocycles. The Labute approximate surface area is 219 Å². The predicted octanol–water partition coefficient (Wildman–Crippen LogP) is 4.86. The molecular weight excluding hydrogens is 505 g/mol. The van der Waals surface area contributed by atoms with Crippen LogP contribution in [0, 0.1) is 11.2 Å². The lowest BCUT2D eigenvalue weighted by Crippen LogP contribution is -2.17. The zero-order chi connectivity index (χ0) is 27.4. The number of Topliss-reactive ketones (excluding diaryl/α,β-unsaturated/α-hetero) is 1. The molecule has 192 valence electrons. The van der Waals surface area contributed by atoms with E-state index in [1.807, 2.05) is 0 Å². The molecule has 38 heavy (non-hydrogen) atoms. The van der Waals surface area contributed by atoms with Crippen molar-refractivity contribution in [2.45, 2.75) is 11.3 Å². The Hall–Kier alpha value is -4.63. The van der Waals surface area contributed by atoms with Crippen LogP contribution in [0.4, 0.5) is 10.1 Å². The zero-order valence-corrected chi connectivity index (χ0v) is 21.2. The lowest BCUT2D eigenvalue weighted by Gasteiger charge is -2.12. The van der Waals surface area contributed by atoms with Crippen LogP contribution in [0.15, 0.2) is 95.9 Å². The number of hydrogen-bond donors (Lipinski definition) is 3. The van der Waals surface area contributed by atoms with Crippen LogP contribution < -0.4 is 11.1 Å². The Balaban J connectivity index is 1.58. The number of amides is 1. The van der Waals surface area contributed by atoms with Crippen molar-refractivity contribution in [2.75, 3.05) is 11.6 Å². The van der Waals surface area contributed by atoms with Crippen LogP contribution in [-0.4, -0.2) is 32.2 Å². The summed E-state index contributed by atoms with van der Waals surface area (Å²) < 4.78 is 39.4. The summed E-state index contributed by atoms with van der Waals surface area (Å²) in [5, 5.41) is 10.3. The highest BCUT2D eigenvalue weighted by Crippen LogP contribution is 2.29. The summed E-state index contributed by atoms with van der Waals surface area (Å²) in [4.78, 5) is 26.1. The van der Waals surface area contributed by atoms with Gasteiger partial charge in [-0.25, -0.2) is 12.8 Å². The highest BCUT2D eigenvalue weighted by molar-refractivity contribution is 7.90. The van der Waals surface area contributed by atoms with Gasteiger partial charge in [-0.3, -0.25) is 15.0 Å². The molecule has 0 fully saturated rings. The summed E-state index contributed by atoms with van der Waals surface area (Å²) in [7, 11) is -3.55. The highest BCUT2D eigenvalue weighted by atomic mass is 32.2. The van der Waals surface area contributed by atoms with E-state index >= 15 is 4.39 Å². The number of nitrogens with two attached hydrogens (primary N) is 1. The van der Waals surface area contributed by atoms with Gasteiger partial charge in [0.15, 0.2) is 15.6 Å². The van der Waals surface area contributed by atoms with Gasteiger partial charge in [-0.05, 0) is 47.5 Å². The third kappa shape index (κ3) is 5.84. The maximum absolute atomic E-state index is 15.1. The van der Waals surface area contributed by atoms with Gasteiger partial charge in [0.25, 0.3) is 5.91 Å². The Morgan fingerprint density at radius 3 is 2.32 bits per heavy atom. The van der Waals surface area contributed by atoms with Crippen LogP contribution in [0.2, 0.25) is 0 Å². The quantitative estimate of drug-likeness (QED) is 0.171. The second-order valence-corrected chi connectivity index (χ2v) is 10.7. The van der Waals surface area contributed by atoms with Gasteiger partial charge in [0.05, 0.1) is 10.5 Å². The predicted molar refractivity (Wildman–Crippen MR) is 145 cm³/mol. The minimum atomic E-state index is -3.55. The van der Waals surface area contributed by atoms with Crippen molar-refractivity contribution in [3.05, 3.63) is 119 Å². The van der Waals surface area contributed by atoms with Gasteiger partial charge in [-0.15, -0.1) is 0 Å². The Kier molecular flexibility index (Phi) is 7.50. The number of halogens is 1. The van der Waals surface area contributed by atoms with E-state index in [1.54, 1.807) is 66.7 Å². The summed E-state index contributed by atoms with van der Waals surface area (Å²) in [6.45, 7) is 0. The van der Waals surface area contributed by atoms with Crippen LogP contribution >= 0.6 is 0 Å². The van der Waals surface area contributed by atoms with E-state index in [4.69, 9.17) is 11.1 Å². The second-order valence-electron chi connectivity index (χ2n) is 8.67. The van der Waals surface area contributed by atoms with Gasteiger partial charge in [-0.2, -0.15) is 0 Å². The molecule has 4 N–H and O–H groups in total. The first kappa shape index (κ1) is 26.4. The summed E-state index contributed by atoms with van der Waals surface area (Å²) in [5.74, 6) is -1.94. The number of hydrogen-bond acceptors (Lipinski definition) is 5. The number of carbonyl (C=O) groups is 2. The van der Waals surface area contributed by atoms with Crippen LogP contribution in [0.3, 0.4) is 0 Å². The molecule has 0 aliphatic heterocycles. The van der Waals surface area contributed by atoms with E-state index in [0.717, 1.165) is 12.3 Å². The minimum absolute atomic E-state index is 0.0623. The number of nitrogens with one attached hydrogen (secondary N) is 2. The number of carbonyl (C=O) groups excluding carboxylic acids is 2. The topological polar surface area (TPSA) is 130 Å². The first-order valence-corrected chi connectivity index (χ1v) is 13.4. The summed E-state index contributed by atoms with van der Waals surface area (Å²) in [6, 6.07) is 23.2. The number of anilines is 1. The Morgan fingerprint density at radius 2 is 1.61 bits per heavy atom. The van der Waals surface area contributed by atoms with Crippen molar-refractivity contribution in [3.63, 3.8) is 0 Å². The molecular formula is C29H24FN3O4S. The fourth-order valence-electron chi connectivity index (χ4n) is 4.06. The number of amidine groups is 1. The number of benzene rings is 4. The summed E-state index contributed by atoms with van der Waals surface area (Å²) >= 11 is 0. The average molecular weight is 530 g/mol. The van der Waals surface area contributed by atoms with Gasteiger partial charge >= 0.3 is 0 Å². The lowest BCUT2D eigenvalue weighted by atomic mass is 9.96. The minimum Gasteiger partial charge on any atom is -0.384 e. The number of sulfone groups is 1. The molecule has 0 unspecified atom stereocenters. The molecule has 0 spiro atoms. The van der Waals surface area contributed by atoms with Gasteiger partial charge in [-0.1, -0.05) is 54.6 Å². The van der Waals surface area contributed by atoms with Crippen molar-refractivity contribution in [1.82, 2.24) is 0 Å². The van der Waals surface area contributed by atoms with Crippen molar-refractivity contribution in [2.24, 2.45) is 5.73 Å². The van der Waals surface area contributed by atoms with E-state index in [0.29, 0.717) is 27.9 Å². The molecule has 4 rings (SSSR count). The molecule has 0 atom stereocenters. The Bertz CT molecular complexity index is 1680. The van der Waals surface area contributed by atoms with Crippen molar-refractivity contribution < 1.29 is 22.4 Å². The first-order chi connectivity index (χ1) is 18.0. The number of ketones is 1. The van der Waals surface area contributed by atoms with Crippen LogP contribution in [0.25, 0.3) is 11.1 Å². The summed E-state index contributed by atoms with van der Waals surface area (Å²) in [5.41, 5.74) is 7.54. The normalized spacial score (nSPS) is 11.1. The van der Waals surface area contributed by atoms with E-state index in [2.05, 4.69) is 5.32 Å². The van der Waals surface area contributed by atoms with Crippen LogP contribution in [0.5, 0.6) is 0 Å². The second kappa shape index (κ2) is 10.8. The van der Waals surface area contributed by atoms with Crippen LogP contribution in [-0.2, 0) is 16.3 Å². The van der Waals surface area contributed by atoms with Gasteiger partial charge in [0.1, 0.15) is 11.7 Å². The highest BCUT2D eigenvalue weighted by Gasteiger charge is 2.20. The molecule has 0 saturated carbocycles. The maximum Gasteiger partial charge on any atom is 0.255 e. The maximum atomic E-state index is 15.1. The summed E-state index contributed by atoms with van der Waals surface area (Å²) in [6.07, 6.45) is 0.848. The third-order valence-electron chi connectivity index (χ3n) is 5.91. The van der Waals surface area contributed by atoms with Gasteiger partial charge in [0.2, 0.25) is 0 Å². The van der Waals surface area contributed by atoms with Crippen molar-refractivity contribution >= 4 is 33.1 Å². The van der Waals surface area contributed by atoms with Gasteiger partial charge < -0.3 is 11.1 Å². The molecule has 0 aliphatic rings. The molecule has 4 aromatic rings. The third-order valence-corrected chi connectivity index (χ3v) is 7.07. The fourth-order valence-corrected chi connectivity index (χ4v) is 4.98. The average Bonchev–Trinajstić information content (AvgIpc) is 2.88. The molecule has 4 aromatic carbocycles. The largest absolute Gasteiger partial charge is 0.384 e. The molecule has 0 saturated heterocycles. The first-order valence-electron chi connectivity index (χ1n) is 11.5. The standard InChI is InChI=1S/C29H24FN3O4S/c1-38(36,37)27-12-5-4-10-22(27)19-13-14-24(25(30)16-19)26(34)17-18-7-2-3-11-23(18)29(35)33-21-9-6-8-20(15-21)28(31)32/h2-16H,17H2,1H3,(H3,31,32)(H,33,35). The molecule has 0 bridgehead atoms.